The summed E-state index contributed by atoms with van der Waals surface area (Å²) in [6.45, 7) is 3.73. The number of oxazole rings is 1. The van der Waals surface area contributed by atoms with Gasteiger partial charge in [-0.3, -0.25) is 0 Å². The number of anilines is 1. The van der Waals surface area contributed by atoms with Gasteiger partial charge in [0.2, 0.25) is 5.95 Å². The number of nitrogens with zero attached hydrogens (tertiary/aromatic N) is 3. The second-order valence-corrected chi connectivity index (χ2v) is 4.03. The molecule has 0 unspecified atom stereocenters. The first kappa shape index (κ1) is 9.97. The standard InChI is InChI=1S/C9H10N4OS/c1-5-3-7(13-8(10)11-5)15-9-12-6(2)4-14-9/h3-4H,1-2H3,(H2,10,11,13). The van der Waals surface area contributed by atoms with Crippen molar-refractivity contribution in [3.63, 3.8) is 0 Å². The van der Waals surface area contributed by atoms with Crippen molar-refractivity contribution in [2.45, 2.75) is 24.1 Å². The van der Waals surface area contributed by atoms with Crippen LogP contribution in [0.2, 0.25) is 0 Å². The van der Waals surface area contributed by atoms with Gasteiger partial charge in [-0.25, -0.2) is 15.0 Å². The molecule has 0 amide bonds. The maximum atomic E-state index is 5.53. The van der Waals surface area contributed by atoms with Gasteiger partial charge >= 0.3 is 0 Å². The lowest BCUT2D eigenvalue weighted by atomic mass is 10.5. The van der Waals surface area contributed by atoms with E-state index in [1.165, 1.54) is 11.8 Å². The highest BCUT2D eigenvalue weighted by Crippen LogP contribution is 2.25. The zero-order chi connectivity index (χ0) is 10.8. The second-order valence-electron chi connectivity index (χ2n) is 3.06. The molecular weight excluding hydrogens is 212 g/mol. The van der Waals surface area contributed by atoms with Crippen LogP contribution in [0.25, 0.3) is 0 Å². The van der Waals surface area contributed by atoms with E-state index in [0.29, 0.717) is 5.22 Å². The van der Waals surface area contributed by atoms with E-state index in [1.807, 2.05) is 19.9 Å². The molecule has 2 N–H and O–H groups in total. The summed E-state index contributed by atoms with van der Waals surface area (Å²) >= 11 is 1.33. The fourth-order valence-electron chi connectivity index (χ4n) is 1.08. The normalized spacial score (nSPS) is 10.5. The van der Waals surface area contributed by atoms with Crippen LogP contribution in [0.1, 0.15) is 11.4 Å². The minimum absolute atomic E-state index is 0.265. The Kier molecular flexibility index (Phi) is 2.59. The van der Waals surface area contributed by atoms with Crippen LogP contribution >= 0.6 is 11.8 Å². The molecule has 0 saturated carbocycles. The van der Waals surface area contributed by atoms with Gasteiger partial charge in [0.1, 0.15) is 11.3 Å². The Hall–Kier alpha value is -1.56. The van der Waals surface area contributed by atoms with Gasteiger partial charge in [0, 0.05) is 5.69 Å². The molecule has 0 saturated heterocycles. The van der Waals surface area contributed by atoms with Crippen LogP contribution < -0.4 is 5.73 Å². The molecule has 0 aliphatic rings. The van der Waals surface area contributed by atoms with E-state index in [-0.39, 0.29) is 5.95 Å². The van der Waals surface area contributed by atoms with Gasteiger partial charge in [-0.05, 0) is 31.7 Å². The monoisotopic (exact) mass is 222 g/mol. The van der Waals surface area contributed by atoms with E-state index in [0.717, 1.165) is 16.4 Å². The van der Waals surface area contributed by atoms with Crippen molar-refractivity contribution in [3.8, 4) is 0 Å². The Labute approximate surface area is 91.1 Å². The third-order valence-electron chi connectivity index (χ3n) is 1.64. The van der Waals surface area contributed by atoms with Crippen molar-refractivity contribution in [2.75, 3.05) is 5.73 Å². The topological polar surface area (TPSA) is 77.8 Å². The number of rotatable bonds is 2. The predicted octanol–water partition coefficient (Wildman–Crippen LogP) is 1.81. The molecule has 2 rings (SSSR count). The molecule has 0 aliphatic heterocycles. The van der Waals surface area contributed by atoms with E-state index in [1.54, 1.807) is 6.26 Å². The lowest BCUT2D eigenvalue weighted by Gasteiger charge is -1.99. The van der Waals surface area contributed by atoms with Gasteiger partial charge in [-0.1, -0.05) is 0 Å². The van der Waals surface area contributed by atoms with Gasteiger partial charge < -0.3 is 10.2 Å². The lowest BCUT2D eigenvalue weighted by molar-refractivity contribution is 0.454. The molecule has 6 heteroatoms. The van der Waals surface area contributed by atoms with Crippen molar-refractivity contribution in [3.05, 3.63) is 23.7 Å². The molecule has 5 nitrogen and oxygen atoms in total. The minimum atomic E-state index is 0.265. The molecule has 0 bridgehead atoms. The molecule has 2 aromatic rings. The average molecular weight is 222 g/mol. The first-order valence-electron chi connectivity index (χ1n) is 4.34. The number of hydrogen-bond donors (Lipinski definition) is 1. The number of hydrogen-bond acceptors (Lipinski definition) is 6. The van der Waals surface area contributed by atoms with Crippen LogP contribution in [0.4, 0.5) is 5.95 Å². The molecule has 2 aromatic heterocycles. The lowest BCUT2D eigenvalue weighted by Crippen LogP contribution is -1.97. The number of aromatic nitrogens is 3. The summed E-state index contributed by atoms with van der Waals surface area (Å²) in [4.78, 5) is 12.2. The molecule has 0 atom stereocenters. The van der Waals surface area contributed by atoms with Gasteiger partial charge in [0.05, 0.1) is 5.69 Å². The number of aryl methyl sites for hydroxylation is 2. The Balaban J connectivity index is 2.24. The van der Waals surface area contributed by atoms with Crippen LogP contribution in [0.3, 0.4) is 0 Å². The first-order chi connectivity index (χ1) is 7.13. The molecule has 15 heavy (non-hydrogen) atoms. The van der Waals surface area contributed by atoms with Crippen LogP contribution in [-0.2, 0) is 0 Å². The summed E-state index contributed by atoms with van der Waals surface area (Å²) < 4.78 is 5.20. The van der Waals surface area contributed by atoms with Gasteiger partial charge in [-0.15, -0.1) is 0 Å². The van der Waals surface area contributed by atoms with Crippen LogP contribution in [0, 0.1) is 13.8 Å². The van der Waals surface area contributed by atoms with E-state index < -0.39 is 0 Å². The summed E-state index contributed by atoms with van der Waals surface area (Å²) in [5, 5.41) is 1.30. The highest BCUT2D eigenvalue weighted by atomic mass is 32.2. The predicted molar refractivity (Wildman–Crippen MR) is 56.5 cm³/mol. The number of nitrogens with two attached hydrogens (primary N) is 1. The summed E-state index contributed by atoms with van der Waals surface area (Å²) in [6, 6.07) is 1.83. The summed E-state index contributed by atoms with van der Waals surface area (Å²) in [7, 11) is 0. The number of nitrogen functional groups attached to an aromatic ring is 1. The average Bonchev–Trinajstić information content (AvgIpc) is 2.49. The van der Waals surface area contributed by atoms with Gasteiger partial charge in [0.25, 0.3) is 5.22 Å². The summed E-state index contributed by atoms with van der Waals surface area (Å²) in [5.41, 5.74) is 7.20. The quantitative estimate of drug-likeness (QED) is 0.781. The Morgan fingerprint density at radius 3 is 2.60 bits per heavy atom. The van der Waals surface area contributed by atoms with Crippen molar-refractivity contribution in [1.82, 2.24) is 15.0 Å². The smallest absolute Gasteiger partial charge is 0.262 e. The zero-order valence-electron chi connectivity index (χ0n) is 8.39. The fraction of sp³-hybridized carbons (Fsp3) is 0.222. The zero-order valence-corrected chi connectivity index (χ0v) is 9.21. The molecule has 2 heterocycles. The van der Waals surface area contributed by atoms with Crippen molar-refractivity contribution in [2.24, 2.45) is 0 Å². The van der Waals surface area contributed by atoms with Crippen molar-refractivity contribution in [1.29, 1.82) is 0 Å². The fourth-order valence-corrected chi connectivity index (χ4v) is 1.92. The van der Waals surface area contributed by atoms with E-state index >= 15 is 0 Å². The largest absolute Gasteiger partial charge is 0.439 e. The van der Waals surface area contributed by atoms with Gasteiger partial charge in [0.15, 0.2) is 0 Å². The van der Waals surface area contributed by atoms with Crippen molar-refractivity contribution >= 4 is 17.7 Å². The summed E-state index contributed by atoms with van der Waals surface area (Å²) in [6.07, 6.45) is 1.60. The van der Waals surface area contributed by atoms with Gasteiger partial charge in [-0.2, -0.15) is 0 Å². The summed E-state index contributed by atoms with van der Waals surface area (Å²) in [5.74, 6) is 0.265. The third-order valence-corrected chi connectivity index (χ3v) is 2.42. The highest BCUT2D eigenvalue weighted by molar-refractivity contribution is 7.99. The molecule has 0 aromatic carbocycles. The van der Waals surface area contributed by atoms with Crippen LogP contribution in [-0.4, -0.2) is 15.0 Å². The molecular formula is C9H10N4OS. The molecule has 0 fully saturated rings. The SMILES string of the molecule is Cc1cc(Sc2nc(C)co2)nc(N)n1. The molecule has 0 spiro atoms. The second kappa shape index (κ2) is 3.90. The Morgan fingerprint density at radius 1 is 1.20 bits per heavy atom. The van der Waals surface area contributed by atoms with E-state index in [4.69, 9.17) is 10.2 Å². The molecule has 78 valence electrons. The van der Waals surface area contributed by atoms with Crippen LogP contribution in [0.5, 0.6) is 0 Å². The molecule has 0 radical (unpaired) electrons. The maximum absolute atomic E-state index is 5.53. The highest BCUT2D eigenvalue weighted by Gasteiger charge is 2.06. The minimum Gasteiger partial charge on any atom is -0.439 e. The Bertz CT molecular complexity index is 462. The molecule has 0 aliphatic carbocycles. The van der Waals surface area contributed by atoms with Crippen LogP contribution in [0.15, 0.2) is 27.0 Å². The Morgan fingerprint density at radius 2 is 2.00 bits per heavy atom. The maximum Gasteiger partial charge on any atom is 0.262 e. The third kappa shape index (κ3) is 2.47. The van der Waals surface area contributed by atoms with E-state index in [9.17, 15) is 0 Å². The first-order valence-corrected chi connectivity index (χ1v) is 5.16. The van der Waals surface area contributed by atoms with E-state index in [2.05, 4.69) is 15.0 Å². The van der Waals surface area contributed by atoms with Crippen molar-refractivity contribution < 1.29 is 4.42 Å².